The van der Waals surface area contributed by atoms with Crippen LogP contribution in [0.15, 0.2) is 6.07 Å². The first-order chi connectivity index (χ1) is 6.68. The lowest BCUT2D eigenvalue weighted by atomic mass is 10.1. The zero-order valence-electron chi connectivity index (χ0n) is 8.42. The second kappa shape index (κ2) is 4.21. The Labute approximate surface area is 94.3 Å². The molecule has 0 bridgehead atoms. The second-order valence-corrected chi connectivity index (χ2v) is 5.65. The molecule has 0 amide bonds. The van der Waals surface area contributed by atoms with Gasteiger partial charge in [-0.05, 0) is 31.7 Å². The van der Waals surface area contributed by atoms with Crippen LogP contribution in [-0.4, -0.2) is 0 Å². The Balaban J connectivity index is 2.24. The maximum Gasteiger partial charge on any atom is 0.0551 e. The van der Waals surface area contributed by atoms with Crippen molar-refractivity contribution in [1.29, 1.82) is 0 Å². The van der Waals surface area contributed by atoms with Gasteiger partial charge in [-0.2, -0.15) is 0 Å². The molecular weight excluding hydrogens is 214 g/mol. The van der Waals surface area contributed by atoms with Crippen LogP contribution in [0.25, 0.3) is 0 Å². The van der Waals surface area contributed by atoms with E-state index < -0.39 is 0 Å². The van der Waals surface area contributed by atoms with Crippen LogP contribution >= 0.6 is 22.9 Å². The largest absolute Gasteiger partial charge is 0.324 e. The Bertz CT molecular complexity index is 313. The summed E-state index contributed by atoms with van der Waals surface area (Å²) in [6.45, 7) is 2.01. The van der Waals surface area contributed by atoms with E-state index in [9.17, 15) is 0 Å². The van der Waals surface area contributed by atoms with Gasteiger partial charge >= 0.3 is 0 Å². The van der Waals surface area contributed by atoms with E-state index in [1.54, 1.807) is 0 Å². The van der Waals surface area contributed by atoms with Crippen molar-refractivity contribution in [3.8, 4) is 0 Å². The van der Waals surface area contributed by atoms with Gasteiger partial charge in [-0.1, -0.05) is 24.4 Å². The molecule has 1 atom stereocenters. The molecular formula is C11H16ClNS. The van der Waals surface area contributed by atoms with E-state index in [2.05, 4.69) is 0 Å². The molecule has 1 saturated carbocycles. The first-order valence-corrected chi connectivity index (χ1v) is 6.42. The third-order valence-electron chi connectivity index (χ3n) is 2.91. The van der Waals surface area contributed by atoms with E-state index in [-0.39, 0.29) is 6.04 Å². The summed E-state index contributed by atoms with van der Waals surface area (Å²) in [6.07, 6.45) is 5.32. The van der Waals surface area contributed by atoms with Crippen LogP contribution in [0.1, 0.15) is 54.3 Å². The number of halogens is 1. The number of hydrogen-bond donors (Lipinski definition) is 1. The normalized spacial score (nSPS) is 20.2. The van der Waals surface area contributed by atoms with Crippen LogP contribution in [0.5, 0.6) is 0 Å². The van der Waals surface area contributed by atoms with Crippen molar-refractivity contribution in [3.63, 3.8) is 0 Å². The second-order valence-electron chi connectivity index (χ2n) is 4.13. The van der Waals surface area contributed by atoms with Crippen molar-refractivity contribution in [1.82, 2.24) is 0 Å². The lowest BCUT2D eigenvalue weighted by Gasteiger charge is -2.06. The molecule has 1 aromatic heterocycles. The monoisotopic (exact) mass is 229 g/mol. The molecule has 0 spiro atoms. The number of thiophene rings is 1. The van der Waals surface area contributed by atoms with Crippen molar-refractivity contribution in [2.24, 2.45) is 5.73 Å². The van der Waals surface area contributed by atoms with Gasteiger partial charge in [0.15, 0.2) is 0 Å². The summed E-state index contributed by atoms with van der Waals surface area (Å²) in [5.41, 5.74) is 5.85. The van der Waals surface area contributed by atoms with Crippen LogP contribution in [0, 0.1) is 0 Å². The Morgan fingerprint density at radius 1 is 1.50 bits per heavy atom. The Hall–Kier alpha value is -0.0500. The fraction of sp³-hybridized carbons (Fsp3) is 0.636. The Kier molecular flexibility index (Phi) is 3.15. The summed E-state index contributed by atoms with van der Waals surface area (Å²) in [7, 11) is 0. The highest BCUT2D eigenvalue weighted by atomic mass is 35.5. The fourth-order valence-corrected chi connectivity index (χ4v) is 3.72. The average molecular weight is 230 g/mol. The number of hydrogen-bond acceptors (Lipinski definition) is 2. The number of nitrogens with two attached hydrogens (primary N) is 1. The fourth-order valence-electron chi connectivity index (χ4n) is 2.09. The van der Waals surface area contributed by atoms with Gasteiger partial charge in [-0.25, -0.2) is 0 Å². The number of rotatable bonds is 2. The average Bonchev–Trinajstić information content (AvgIpc) is 2.71. The van der Waals surface area contributed by atoms with Crippen LogP contribution < -0.4 is 5.73 Å². The van der Waals surface area contributed by atoms with E-state index in [4.69, 9.17) is 17.3 Å². The van der Waals surface area contributed by atoms with Crippen molar-refractivity contribution >= 4 is 22.9 Å². The van der Waals surface area contributed by atoms with Crippen LogP contribution in [0.2, 0.25) is 5.02 Å². The van der Waals surface area contributed by atoms with Gasteiger partial charge in [0.2, 0.25) is 0 Å². The maximum absolute atomic E-state index is 6.22. The van der Waals surface area contributed by atoms with Crippen LogP contribution in [-0.2, 0) is 0 Å². The summed E-state index contributed by atoms with van der Waals surface area (Å²) in [4.78, 5) is 2.59. The molecule has 0 aliphatic heterocycles. The molecule has 1 aliphatic rings. The highest BCUT2D eigenvalue weighted by molar-refractivity contribution is 7.12. The van der Waals surface area contributed by atoms with Gasteiger partial charge in [-0.3, -0.25) is 0 Å². The summed E-state index contributed by atoms with van der Waals surface area (Å²) < 4.78 is 0. The molecule has 1 aromatic rings. The molecule has 78 valence electrons. The highest BCUT2D eigenvalue weighted by Gasteiger charge is 2.22. The highest BCUT2D eigenvalue weighted by Crippen LogP contribution is 2.42. The molecule has 1 nitrogen and oxygen atoms in total. The predicted octanol–water partition coefficient (Wildman–Crippen LogP) is 4.08. The Morgan fingerprint density at radius 2 is 2.14 bits per heavy atom. The van der Waals surface area contributed by atoms with Crippen molar-refractivity contribution in [3.05, 3.63) is 20.8 Å². The van der Waals surface area contributed by atoms with E-state index in [0.29, 0.717) is 5.92 Å². The standard InChI is InChI=1S/C11H16ClNS/c1-7(13)10-6-9(12)11(14-10)8-4-2-3-5-8/h6-8H,2-5,13H2,1H3. The van der Waals surface area contributed by atoms with Gasteiger partial charge < -0.3 is 5.73 Å². The van der Waals surface area contributed by atoms with Crippen molar-refractivity contribution < 1.29 is 0 Å². The molecule has 14 heavy (non-hydrogen) atoms. The zero-order valence-corrected chi connectivity index (χ0v) is 10.00. The maximum atomic E-state index is 6.22. The van der Waals surface area contributed by atoms with E-state index in [1.165, 1.54) is 35.4 Å². The van der Waals surface area contributed by atoms with Gasteiger partial charge in [0.25, 0.3) is 0 Å². The molecule has 0 saturated heterocycles. The van der Waals surface area contributed by atoms with Gasteiger partial charge in [0.05, 0.1) is 5.02 Å². The third kappa shape index (κ3) is 1.97. The molecule has 2 N–H and O–H groups in total. The quantitative estimate of drug-likeness (QED) is 0.813. The molecule has 0 radical (unpaired) electrons. The van der Waals surface area contributed by atoms with E-state index >= 15 is 0 Å². The smallest absolute Gasteiger partial charge is 0.0551 e. The third-order valence-corrected chi connectivity index (χ3v) is 4.83. The first kappa shape index (κ1) is 10.5. The minimum Gasteiger partial charge on any atom is -0.324 e. The summed E-state index contributed by atoms with van der Waals surface area (Å²) >= 11 is 8.03. The van der Waals surface area contributed by atoms with Crippen LogP contribution in [0.3, 0.4) is 0 Å². The van der Waals surface area contributed by atoms with Crippen LogP contribution in [0.4, 0.5) is 0 Å². The van der Waals surface area contributed by atoms with Gasteiger partial charge in [0.1, 0.15) is 0 Å². The first-order valence-electron chi connectivity index (χ1n) is 5.23. The summed E-state index contributed by atoms with van der Waals surface area (Å²) in [5, 5.41) is 0.939. The van der Waals surface area contributed by atoms with E-state index in [0.717, 1.165) is 5.02 Å². The molecule has 1 aliphatic carbocycles. The van der Waals surface area contributed by atoms with Gasteiger partial charge in [-0.15, -0.1) is 11.3 Å². The molecule has 1 unspecified atom stereocenters. The molecule has 1 heterocycles. The van der Waals surface area contributed by atoms with Crippen molar-refractivity contribution in [2.75, 3.05) is 0 Å². The lowest BCUT2D eigenvalue weighted by Crippen LogP contribution is -2.01. The molecule has 3 heteroatoms. The van der Waals surface area contributed by atoms with Crippen molar-refractivity contribution in [2.45, 2.75) is 44.6 Å². The summed E-state index contributed by atoms with van der Waals surface area (Å²) in [6, 6.07) is 2.16. The Morgan fingerprint density at radius 3 is 2.64 bits per heavy atom. The summed E-state index contributed by atoms with van der Waals surface area (Å²) in [5.74, 6) is 0.708. The predicted molar refractivity (Wildman–Crippen MR) is 63.1 cm³/mol. The SMILES string of the molecule is CC(N)c1cc(Cl)c(C2CCCC2)s1. The molecule has 1 fully saturated rings. The topological polar surface area (TPSA) is 26.0 Å². The molecule has 0 aromatic carbocycles. The minimum atomic E-state index is 0.118. The van der Waals surface area contributed by atoms with E-state index in [1.807, 2.05) is 24.3 Å². The zero-order chi connectivity index (χ0) is 10.1. The molecule has 2 rings (SSSR count). The lowest BCUT2D eigenvalue weighted by molar-refractivity contribution is 0.738. The minimum absolute atomic E-state index is 0.118. The van der Waals surface area contributed by atoms with Gasteiger partial charge in [0, 0.05) is 15.8 Å².